The molecule has 1 atom stereocenters. The van der Waals surface area contributed by atoms with Crippen molar-refractivity contribution in [1.29, 1.82) is 0 Å². The van der Waals surface area contributed by atoms with Crippen LogP contribution in [0, 0.1) is 5.92 Å². The molecule has 0 radical (unpaired) electrons. The van der Waals surface area contributed by atoms with Crippen LogP contribution in [0.1, 0.15) is 30.8 Å². The van der Waals surface area contributed by atoms with E-state index in [1.54, 1.807) is 31.0 Å². The topological polar surface area (TPSA) is 64.4 Å². The van der Waals surface area contributed by atoms with Crippen LogP contribution in [0.4, 0.5) is 0 Å². The quantitative estimate of drug-likeness (QED) is 0.749. The van der Waals surface area contributed by atoms with Gasteiger partial charge in [0.2, 0.25) is 0 Å². The molecule has 6 heteroatoms. The lowest BCUT2D eigenvalue weighted by Crippen LogP contribution is -2.44. The Hall–Kier alpha value is -1.85. The standard InChI is InChI=1S/C13H21N3O3/c1-9(2)8-11(13(18)19-5)16(4)12(17)10-6-7-15(3)14-10/h6-7,9,11H,8H2,1-5H3. The second kappa shape index (κ2) is 6.36. The van der Waals surface area contributed by atoms with Crippen molar-refractivity contribution in [1.82, 2.24) is 14.7 Å². The fraction of sp³-hybridized carbons (Fsp3) is 0.615. The van der Waals surface area contributed by atoms with E-state index in [4.69, 9.17) is 4.74 Å². The minimum atomic E-state index is -0.584. The van der Waals surface area contributed by atoms with Gasteiger partial charge < -0.3 is 9.64 Å². The molecule has 1 aromatic heterocycles. The maximum Gasteiger partial charge on any atom is 0.328 e. The zero-order valence-electron chi connectivity index (χ0n) is 12.1. The number of hydrogen-bond acceptors (Lipinski definition) is 4. The Labute approximate surface area is 113 Å². The van der Waals surface area contributed by atoms with Crippen LogP contribution in [0.15, 0.2) is 12.3 Å². The number of aryl methyl sites for hydroxylation is 1. The van der Waals surface area contributed by atoms with E-state index >= 15 is 0 Å². The molecule has 6 nitrogen and oxygen atoms in total. The molecule has 1 aromatic rings. The minimum Gasteiger partial charge on any atom is -0.467 e. The van der Waals surface area contributed by atoms with Gasteiger partial charge in [0, 0.05) is 20.3 Å². The summed E-state index contributed by atoms with van der Waals surface area (Å²) in [6.45, 7) is 3.99. The Morgan fingerprint density at radius 2 is 2.11 bits per heavy atom. The maximum atomic E-state index is 12.2. The van der Waals surface area contributed by atoms with Gasteiger partial charge in [-0.2, -0.15) is 5.10 Å². The second-order valence-corrected chi connectivity index (χ2v) is 4.96. The van der Waals surface area contributed by atoms with Crippen LogP contribution >= 0.6 is 0 Å². The number of ether oxygens (including phenoxy) is 1. The van der Waals surface area contributed by atoms with Crippen molar-refractivity contribution in [3.63, 3.8) is 0 Å². The number of methoxy groups -OCH3 is 1. The first-order valence-corrected chi connectivity index (χ1v) is 6.21. The number of likely N-dealkylation sites (N-methyl/N-ethyl adjacent to an activating group) is 1. The summed E-state index contributed by atoms with van der Waals surface area (Å²) in [5.41, 5.74) is 0.322. The van der Waals surface area contributed by atoms with Crippen LogP contribution in [0.5, 0.6) is 0 Å². The number of amides is 1. The van der Waals surface area contributed by atoms with Crippen molar-refractivity contribution in [3.05, 3.63) is 18.0 Å². The molecule has 0 aliphatic heterocycles. The normalized spacial score (nSPS) is 12.3. The first-order chi connectivity index (χ1) is 8.86. The molecule has 0 aliphatic carbocycles. The van der Waals surface area contributed by atoms with Gasteiger partial charge in [-0.1, -0.05) is 13.8 Å². The summed E-state index contributed by atoms with van der Waals surface area (Å²) >= 11 is 0. The van der Waals surface area contributed by atoms with E-state index in [2.05, 4.69) is 5.10 Å². The van der Waals surface area contributed by atoms with Crippen LogP contribution in [0.25, 0.3) is 0 Å². The molecule has 0 saturated carbocycles. The monoisotopic (exact) mass is 267 g/mol. The summed E-state index contributed by atoms with van der Waals surface area (Å²) in [5.74, 6) is -0.403. The first kappa shape index (κ1) is 15.2. The Bertz CT molecular complexity index is 454. The fourth-order valence-corrected chi connectivity index (χ4v) is 1.85. The molecule has 1 unspecified atom stereocenters. The highest BCUT2D eigenvalue weighted by atomic mass is 16.5. The van der Waals surface area contributed by atoms with Crippen molar-refractivity contribution in [2.24, 2.45) is 13.0 Å². The molecule has 0 spiro atoms. The average Bonchev–Trinajstić information content (AvgIpc) is 2.79. The van der Waals surface area contributed by atoms with E-state index in [1.165, 1.54) is 12.0 Å². The number of nitrogens with zero attached hydrogens (tertiary/aromatic N) is 3. The summed E-state index contributed by atoms with van der Waals surface area (Å²) in [6, 6.07) is 1.04. The molecule has 0 aromatic carbocycles. The van der Waals surface area contributed by atoms with Crippen LogP contribution in [-0.4, -0.2) is 46.8 Å². The number of carbonyl (C=O) groups excluding carboxylic acids is 2. The molecule has 0 N–H and O–H groups in total. The third-order valence-corrected chi connectivity index (χ3v) is 2.89. The molecule has 1 rings (SSSR count). The fourth-order valence-electron chi connectivity index (χ4n) is 1.85. The van der Waals surface area contributed by atoms with Gasteiger partial charge in [0.1, 0.15) is 11.7 Å². The van der Waals surface area contributed by atoms with Gasteiger partial charge in [-0.15, -0.1) is 0 Å². The summed E-state index contributed by atoms with van der Waals surface area (Å²) in [6.07, 6.45) is 2.25. The minimum absolute atomic E-state index is 0.281. The number of esters is 1. The van der Waals surface area contributed by atoms with Gasteiger partial charge in [0.25, 0.3) is 5.91 Å². The van der Waals surface area contributed by atoms with Gasteiger partial charge in [0.15, 0.2) is 0 Å². The molecule has 0 fully saturated rings. The Morgan fingerprint density at radius 3 is 2.53 bits per heavy atom. The molecule has 1 heterocycles. The molecule has 0 saturated heterocycles. The van der Waals surface area contributed by atoms with Crippen molar-refractivity contribution >= 4 is 11.9 Å². The molecular formula is C13H21N3O3. The van der Waals surface area contributed by atoms with Gasteiger partial charge >= 0.3 is 5.97 Å². The Balaban J connectivity index is 2.89. The molecule has 19 heavy (non-hydrogen) atoms. The highest BCUT2D eigenvalue weighted by molar-refractivity contribution is 5.94. The van der Waals surface area contributed by atoms with E-state index in [-0.39, 0.29) is 11.8 Å². The van der Waals surface area contributed by atoms with Crippen molar-refractivity contribution in [2.75, 3.05) is 14.2 Å². The highest BCUT2D eigenvalue weighted by Crippen LogP contribution is 2.14. The van der Waals surface area contributed by atoms with Gasteiger partial charge in [0.05, 0.1) is 7.11 Å². The van der Waals surface area contributed by atoms with Crippen molar-refractivity contribution in [2.45, 2.75) is 26.3 Å². The first-order valence-electron chi connectivity index (χ1n) is 6.21. The molecular weight excluding hydrogens is 246 g/mol. The van der Waals surface area contributed by atoms with Gasteiger partial charge in [-0.3, -0.25) is 9.48 Å². The SMILES string of the molecule is COC(=O)C(CC(C)C)N(C)C(=O)c1ccn(C)n1. The summed E-state index contributed by atoms with van der Waals surface area (Å²) < 4.78 is 6.32. The van der Waals surface area contributed by atoms with E-state index in [1.807, 2.05) is 13.8 Å². The number of rotatable bonds is 5. The van der Waals surface area contributed by atoms with Crippen LogP contribution < -0.4 is 0 Å². The smallest absolute Gasteiger partial charge is 0.328 e. The predicted molar refractivity (Wildman–Crippen MR) is 70.6 cm³/mol. The lowest BCUT2D eigenvalue weighted by Gasteiger charge is -2.26. The Morgan fingerprint density at radius 1 is 1.47 bits per heavy atom. The summed E-state index contributed by atoms with van der Waals surface area (Å²) in [4.78, 5) is 25.4. The van der Waals surface area contributed by atoms with Gasteiger partial charge in [-0.05, 0) is 18.4 Å². The number of carbonyl (C=O) groups is 2. The zero-order chi connectivity index (χ0) is 14.6. The largest absolute Gasteiger partial charge is 0.467 e. The third-order valence-electron chi connectivity index (χ3n) is 2.89. The molecule has 106 valence electrons. The molecule has 0 aliphatic rings. The predicted octanol–water partition coefficient (Wildman–Crippen LogP) is 1.08. The second-order valence-electron chi connectivity index (χ2n) is 4.96. The Kier molecular flexibility index (Phi) is 5.09. The summed E-state index contributed by atoms with van der Waals surface area (Å²) in [7, 11) is 4.67. The lowest BCUT2D eigenvalue weighted by atomic mass is 10.0. The van der Waals surface area contributed by atoms with Crippen LogP contribution in [-0.2, 0) is 16.6 Å². The summed E-state index contributed by atoms with van der Waals surface area (Å²) in [5, 5.41) is 4.05. The molecule has 0 bridgehead atoms. The molecule has 1 amide bonds. The lowest BCUT2D eigenvalue weighted by molar-refractivity contribution is -0.146. The van der Waals surface area contributed by atoms with Crippen molar-refractivity contribution in [3.8, 4) is 0 Å². The maximum absolute atomic E-state index is 12.2. The number of aromatic nitrogens is 2. The highest BCUT2D eigenvalue weighted by Gasteiger charge is 2.29. The van der Waals surface area contributed by atoms with E-state index in [9.17, 15) is 9.59 Å². The zero-order valence-corrected chi connectivity index (χ0v) is 12.1. The van der Waals surface area contributed by atoms with Gasteiger partial charge in [-0.25, -0.2) is 4.79 Å². The third kappa shape index (κ3) is 3.81. The van der Waals surface area contributed by atoms with E-state index in [0.717, 1.165) is 0 Å². The van der Waals surface area contributed by atoms with Crippen molar-refractivity contribution < 1.29 is 14.3 Å². The number of hydrogen-bond donors (Lipinski definition) is 0. The van der Waals surface area contributed by atoms with Crippen LogP contribution in [0.2, 0.25) is 0 Å². The van der Waals surface area contributed by atoms with Crippen LogP contribution in [0.3, 0.4) is 0 Å². The van der Waals surface area contributed by atoms with E-state index < -0.39 is 12.0 Å². The average molecular weight is 267 g/mol. The van der Waals surface area contributed by atoms with E-state index in [0.29, 0.717) is 12.1 Å².